The first kappa shape index (κ1) is 11.1. The molecule has 0 atom stereocenters. The predicted molar refractivity (Wildman–Crippen MR) is 63.7 cm³/mol. The van der Waals surface area contributed by atoms with Crippen LogP contribution in [-0.4, -0.2) is 20.9 Å². The molecule has 2 heterocycles. The van der Waals surface area contributed by atoms with Crippen molar-refractivity contribution in [2.45, 2.75) is 6.92 Å². The van der Waals surface area contributed by atoms with E-state index in [0.29, 0.717) is 34.2 Å². The zero-order valence-electron chi connectivity index (χ0n) is 8.48. The molecular formula is C9H9ClN4OS. The number of pyridine rings is 1. The third-order valence-electron chi connectivity index (χ3n) is 1.77. The molecule has 0 radical (unpaired) electrons. The van der Waals surface area contributed by atoms with Gasteiger partial charge in [0.1, 0.15) is 5.69 Å². The molecule has 0 aliphatic rings. The van der Waals surface area contributed by atoms with Crippen LogP contribution in [0.3, 0.4) is 0 Å². The van der Waals surface area contributed by atoms with Crippen LogP contribution in [0.5, 0.6) is 5.88 Å². The fourth-order valence-corrected chi connectivity index (χ4v) is 1.77. The number of nitrogens with two attached hydrogens (primary N) is 1. The number of nitrogens with zero attached hydrogens (tertiary/aromatic N) is 3. The van der Waals surface area contributed by atoms with Crippen LogP contribution >= 0.6 is 23.1 Å². The van der Waals surface area contributed by atoms with Gasteiger partial charge in [-0.1, -0.05) is 11.6 Å². The minimum absolute atomic E-state index is 0.384. The second-order valence-electron chi connectivity index (χ2n) is 2.87. The average Bonchev–Trinajstić information content (AvgIpc) is 2.68. The predicted octanol–water partition coefficient (Wildman–Crippen LogP) is 2.23. The molecule has 0 aromatic carbocycles. The molecule has 2 rings (SSSR count). The van der Waals surface area contributed by atoms with Crippen molar-refractivity contribution in [3.8, 4) is 17.4 Å². The molecular weight excluding hydrogens is 248 g/mol. The summed E-state index contributed by atoms with van der Waals surface area (Å²) in [5, 5.41) is 0.857. The molecule has 5 nitrogen and oxygen atoms in total. The molecule has 2 aromatic heterocycles. The van der Waals surface area contributed by atoms with E-state index in [0.717, 1.165) is 11.5 Å². The number of hydrogen-bond acceptors (Lipinski definition) is 6. The summed E-state index contributed by atoms with van der Waals surface area (Å²) < 4.78 is 9.33. The minimum atomic E-state index is 0.384. The van der Waals surface area contributed by atoms with E-state index in [1.807, 2.05) is 6.92 Å². The number of nitrogen functional groups attached to an aromatic ring is 1. The van der Waals surface area contributed by atoms with E-state index < -0.39 is 0 Å². The smallest absolute Gasteiger partial charge is 0.213 e. The lowest BCUT2D eigenvalue weighted by Crippen LogP contribution is -1.96. The Hall–Kier alpha value is -1.40. The van der Waals surface area contributed by atoms with Crippen LogP contribution in [0.2, 0.25) is 5.02 Å². The quantitative estimate of drug-likeness (QED) is 0.912. The van der Waals surface area contributed by atoms with Crippen molar-refractivity contribution in [3.05, 3.63) is 17.2 Å². The maximum absolute atomic E-state index is 6.01. The van der Waals surface area contributed by atoms with Crippen LogP contribution in [-0.2, 0) is 0 Å². The number of halogens is 1. The van der Waals surface area contributed by atoms with Gasteiger partial charge in [-0.05, 0) is 13.0 Å². The third-order valence-corrected chi connectivity index (χ3v) is 2.61. The lowest BCUT2D eigenvalue weighted by Gasteiger charge is -2.04. The molecule has 2 aromatic rings. The van der Waals surface area contributed by atoms with Gasteiger partial charge in [0.15, 0.2) is 11.0 Å². The van der Waals surface area contributed by atoms with Crippen LogP contribution < -0.4 is 10.5 Å². The normalized spacial score (nSPS) is 10.4. The molecule has 84 valence electrons. The molecule has 0 spiro atoms. The van der Waals surface area contributed by atoms with Gasteiger partial charge in [-0.25, -0.2) is 4.98 Å². The molecule has 0 aliphatic heterocycles. The standard InChI is InChI=1S/C9H9ClN4OS/c1-2-15-6-4-3-5(10)7(12-6)8-13-9(11)16-14-8/h3-4H,2H2,1H3,(H2,11,13,14). The second kappa shape index (κ2) is 4.63. The maximum atomic E-state index is 6.01. The molecule has 0 saturated carbocycles. The summed E-state index contributed by atoms with van der Waals surface area (Å²) in [6, 6.07) is 3.40. The summed E-state index contributed by atoms with van der Waals surface area (Å²) in [7, 11) is 0. The van der Waals surface area contributed by atoms with Crippen LogP contribution in [0, 0.1) is 0 Å². The van der Waals surface area contributed by atoms with Gasteiger partial charge >= 0.3 is 0 Å². The Bertz CT molecular complexity index is 502. The Morgan fingerprint density at radius 2 is 2.25 bits per heavy atom. The first-order valence-corrected chi connectivity index (χ1v) is 5.74. The van der Waals surface area contributed by atoms with Crippen LogP contribution in [0.4, 0.5) is 5.13 Å². The lowest BCUT2D eigenvalue weighted by molar-refractivity contribution is 0.327. The van der Waals surface area contributed by atoms with E-state index in [-0.39, 0.29) is 0 Å². The van der Waals surface area contributed by atoms with Crippen molar-refractivity contribution in [1.82, 2.24) is 14.3 Å². The molecule has 0 saturated heterocycles. The fourth-order valence-electron chi connectivity index (χ4n) is 1.14. The highest BCUT2D eigenvalue weighted by Crippen LogP contribution is 2.27. The van der Waals surface area contributed by atoms with Gasteiger partial charge < -0.3 is 10.5 Å². The largest absolute Gasteiger partial charge is 0.478 e. The van der Waals surface area contributed by atoms with Crippen molar-refractivity contribution in [1.29, 1.82) is 0 Å². The Morgan fingerprint density at radius 1 is 1.44 bits per heavy atom. The van der Waals surface area contributed by atoms with Gasteiger partial charge in [0.05, 0.1) is 11.6 Å². The summed E-state index contributed by atoms with van der Waals surface area (Å²) >= 11 is 7.11. The topological polar surface area (TPSA) is 73.9 Å². The van der Waals surface area contributed by atoms with Gasteiger partial charge in [-0.3, -0.25) is 0 Å². The number of rotatable bonds is 3. The number of anilines is 1. The minimum Gasteiger partial charge on any atom is -0.478 e. The van der Waals surface area contributed by atoms with E-state index in [4.69, 9.17) is 22.1 Å². The van der Waals surface area contributed by atoms with Gasteiger partial charge in [0.25, 0.3) is 0 Å². The zero-order chi connectivity index (χ0) is 11.5. The average molecular weight is 257 g/mol. The monoisotopic (exact) mass is 256 g/mol. The van der Waals surface area contributed by atoms with Gasteiger partial charge in [0.2, 0.25) is 5.88 Å². The Morgan fingerprint density at radius 3 is 2.88 bits per heavy atom. The number of hydrogen-bond donors (Lipinski definition) is 1. The van der Waals surface area contributed by atoms with Gasteiger partial charge in [-0.2, -0.15) is 9.36 Å². The Labute approximate surface area is 101 Å². The van der Waals surface area contributed by atoms with E-state index in [2.05, 4.69) is 14.3 Å². The number of aromatic nitrogens is 3. The van der Waals surface area contributed by atoms with Crippen molar-refractivity contribution in [3.63, 3.8) is 0 Å². The summed E-state index contributed by atoms with van der Waals surface area (Å²) in [5.41, 5.74) is 5.99. The Kier molecular flexibility index (Phi) is 3.21. The highest BCUT2D eigenvalue weighted by Gasteiger charge is 2.12. The maximum Gasteiger partial charge on any atom is 0.213 e. The molecule has 0 bridgehead atoms. The zero-order valence-corrected chi connectivity index (χ0v) is 10.0. The fraction of sp³-hybridized carbons (Fsp3) is 0.222. The van der Waals surface area contributed by atoms with E-state index >= 15 is 0 Å². The number of ether oxygens (including phenoxy) is 1. The van der Waals surface area contributed by atoms with Crippen LogP contribution in [0.25, 0.3) is 11.5 Å². The van der Waals surface area contributed by atoms with Crippen LogP contribution in [0.15, 0.2) is 12.1 Å². The molecule has 0 amide bonds. The third kappa shape index (κ3) is 2.23. The second-order valence-corrected chi connectivity index (χ2v) is 4.06. The summed E-state index contributed by atoms with van der Waals surface area (Å²) in [6.45, 7) is 2.43. The summed E-state index contributed by atoms with van der Waals surface area (Å²) in [4.78, 5) is 8.24. The van der Waals surface area contributed by atoms with Crippen molar-refractivity contribution >= 4 is 28.3 Å². The van der Waals surface area contributed by atoms with E-state index in [9.17, 15) is 0 Å². The van der Waals surface area contributed by atoms with Crippen LogP contribution in [0.1, 0.15) is 6.92 Å². The SMILES string of the molecule is CCOc1ccc(Cl)c(-c2nsc(N)n2)n1. The first-order chi connectivity index (χ1) is 7.70. The van der Waals surface area contributed by atoms with Crippen molar-refractivity contribution in [2.75, 3.05) is 12.3 Å². The summed E-state index contributed by atoms with van der Waals surface area (Å²) in [5.74, 6) is 0.921. The van der Waals surface area contributed by atoms with E-state index in [1.54, 1.807) is 12.1 Å². The van der Waals surface area contributed by atoms with E-state index in [1.165, 1.54) is 0 Å². The highest BCUT2D eigenvalue weighted by atomic mass is 35.5. The molecule has 7 heteroatoms. The molecule has 0 fully saturated rings. The molecule has 0 aliphatic carbocycles. The molecule has 2 N–H and O–H groups in total. The highest BCUT2D eigenvalue weighted by molar-refractivity contribution is 7.09. The molecule has 16 heavy (non-hydrogen) atoms. The Balaban J connectivity index is 2.42. The molecule has 0 unspecified atom stereocenters. The van der Waals surface area contributed by atoms with Crippen molar-refractivity contribution < 1.29 is 4.74 Å². The summed E-state index contributed by atoms with van der Waals surface area (Å²) in [6.07, 6.45) is 0. The first-order valence-electron chi connectivity index (χ1n) is 4.59. The van der Waals surface area contributed by atoms with Gasteiger partial charge in [-0.15, -0.1) is 0 Å². The van der Waals surface area contributed by atoms with Gasteiger partial charge in [0, 0.05) is 17.6 Å². The lowest BCUT2D eigenvalue weighted by atomic mass is 10.3. The van der Waals surface area contributed by atoms with Crippen molar-refractivity contribution in [2.24, 2.45) is 0 Å².